The van der Waals surface area contributed by atoms with Gasteiger partial charge in [-0.05, 0) is 32.8 Å². The van der Waals surface area contributed by atoms with Crippen molar-refractivity contribution >= 4 is 17.6 Å². The highest BCUT2D eigenvalue weighted by Crippen LogP contribution is 2.24. The number of rotatable bonds is 4. The molecule has 0 radical (unpaired) electrons. The molecule has 2 heterocycles. The van der Waals surface area contributed by atoms with Crippen molar-refractivity contribution in [2.24, 2.45) is 5.41 Å². The number of carbonyl (C=O) groups is 3. The lowest BCUT2D eigenvalue weighted by Gasteiger charge is -2.30. The Balaban J connectivity index is 2.11. The lowest BCUT2D eigenvalue weighted by molar-refractivity contribution is -0.140. The van der Waals surface area contributed by atoms with E-state index in [4.69, 9.17) is 0 Å². The van der Waals surface area contributed by atoms with Crippen LogP contribution in [-0.2, 0) is 14.4 Å². The van der Waals surface area contributed by atoms with E-state index >= 15 is 0 Å². The van der Waals surface area contributed by atoms with E-state index in [-0.39, 0.29) is 35.8 Å². The quantitative estimate of drug-likeness (QED) is 0.619. The third kappa shape index (κ3) is 2.53. The fourth-order valence-electron chi connectivity index (χ4n) is 2.42. The molecule has 0 aromatic rings. The molecule has 0 bridgehead atoms. The van der Waals surface area contributed by atoms with E-state index in [9.17, 15) is 14.4 Å². The maximum Gasteiger partial charge on any atom is 0.270 e. The normalized spacial score (nSPS) is 24.6. The minimum absolute atomic E-state index is 0.0365. The molecule has 2 fully saturated rings. The highest BCUT2D eigenvalue weighted by Gasteiger charge is 2.40. The van der Waals surface area contributed by atoms with Crippen molar-refractivity contribution in [1.82, 2.24) is 10.2 Å². The lowest BCUT2D eigenvalue weighted by Crippen LogP contribution is -2.54. The summed E-state index contributed by atoms with van der Waals surface area (Å²) in [5, 5.41) is 2.62. The summed E-state index contributed by atoms with van der Waals surface area (Å²) in [6, 6.07) is -0.333. The molecule has 0 aromatic heterocycles. The van der Waals surface area contributed by atoms with Gasteiger partial charge in [-0.1, -0.05) is 6.08 Å². The summed E-state index contributed by atoms with van der Waals surface area (Å²) in [6.07, 6.45) is 4.78. The monoisotopic (exact) mass is 276 g/mol. The van der Waals surface area contributed by atoms with E-state index in [0.29, 0.717) is 13.0 Å². The van der Waals surface area contributed by atoms with E-state index < -0.39 is 5.41 Å². The van der Waals surface area contributed by atoms with Crippen LogP contribution in [-0.4, -0.2) is 35.1 Å². The number of hydrogen-bond donors (Lipinski definition) is 1. The van der Waals surface area contributed by atoms with E-state index in [1.54, 1.807) is 24.8 Å². The second-order valence-electron chi connectivity index (χ2n) is 5.82. The zero-order chi connectivity index (χ0) is 14.9. The molecule has 20 heavy (non-hydrogen) atoms. The van der Waals surface area contributed by atoms with E-state index in [0.717, 1.165) is 6.42 Å². The van der Waals surface area contributed by atoms with E-state index in [1.807, 2.05) is 0 Å². The second-order valence-corrected chi connectivity index (χ2v) is 5.82. The Morgan fingerprint density at radius 3 is 2.85 bits per heavy atom. The molecule has 1 atom stereocenters. The number of nitrogens with zero attached hydrogens (tertiary/aromatic N) is 1. The fourth-order valence-corrected chi connectivity index (χ4v) is 2.42. The van der Waals surface area contributed by atoms with Gasteiger partial charge in [0.25, 0.3) is 5.91 Å². The summed E-state index contributed by atoms with van der Waals surface area (Å²) in [6.45, 7) is 7.80. The van der Waals surface area contributed by atoms with Crippen LogP contribution in [0.15, 0.2) is 24.4 Å². The summed E-state index contributed by atoms with van der Waals surface area (Å²) in [5.41, 5.74) is -0.407. The van der Waals surface area contributed by atoms with Gasteiger partial charge in [-0.15, -0.1) is 6.58 Å². The number of piperazine rings is 1. The fraction of sp³-hybridized carbons (Fsp3) is 0.533. The number of amides is 2. The highest BCUT2D eigenvalue weighted by atomic mass is 16.2. The third-order valence-electron chi connectivity index (χ3n) is 4.03. The van der Waals surface area contributed by atoms with Gasteiger partial charge in [-0.3, -0.25) is 14.4 Å². The van der Waals surface area contributed by atoms with Crippen molar-refractivity contribution < 1.29 is 14.4 Å². The first kappa shape index (κ1) is 14.5. The Morgan fingerprint density at radius 1 is 1.50 bits per heavy atom. The summed E-state index contributed by atoms with van der Waals surface area (Å²) in [4.78, 5) is 37.7. The third-order valence-corrected chi connectivity index (χ3v) is 4.03. The number of hydrogen-bond acceptors (Lipinski definition) is 3. The zero-order valence-corrected chi connectivity index (χ0v) is 11.9. The van der Waals surface area contributed by atoms with Gasteiger partial charge < -0.3 is 10.2 Å². The van der Waals surface area contributed by atoms with Crippen molar-refractivity contribution in [2.45, 2.75) is 39.2 Å². The van der Waals surface area contributed by atoms with Crippen molar-refractivity contribution in [1.29, 1.82) is 0 Å². The molecule has 0 aliphatic carbocycles. The second kappa shape index (κ2) is 5.23. The van der Waals surface area contributed by atoms with Crippen LogP contribution in [0.4, 0.5) is 0 Å². The van der Waals surface area contributed by atoms with Crippen molar-refractivity contribution in [3.05, 3.63) is 24.4 Å². The summed E-state index contributed by atoms with van der Waals surface area (Å²) >= 11 is 0. The molecule has 2 rings (SSSR count). The minimum atomic E-state index is -0.630. The molecule has 5 nitrogen and oxygen atoms in total. The Labute approximate surface area is 118 Å². The zero-order valence-electron chi connectivity index (χ0n) is 11.9. The predicted molar refractivity (Wildman–Crippen MR) is 74.6 cm³/mol. The molecule has 5 heteroatoms. The molecule has 2 aliphatic heterocycles. The number of fused-ring (bicyclic) bond motifs is 1. The van der Waals surface area contributed by atoms with Gasteiger partial charge in [0.05, 0.1) is 0 Å². The van der Waals surface area contributed by atoms with Crippen molar-refractivity contribution in [3.8, 4) is 0 Å². The number of nitrogens with one attached hydrogen (secondary N) is 1. The molecule has 0 unspecified atom stereocenters. The smallest absolute Gasteiger partial charge is 0.270 e. The highest BCUT2D eigenvalue weighted by molar-refractivity contribution is 6.05. The van der Waals surface area contributed by atoms with Crippen LogP contribution < -0.4 is 5.32 Å². The molecule has 1 N–H and O–H groups in total. The summed E-state index contributed by atoms with van der Waals surface area (Å²) in [5.74, 6) is -0.370. The average molecular weight is 276 g/mol. The van der Waals surface area contributed by atoms with Crippen LogP contribution in [0.2, 0.25) is 0 Å². The largest absolute Gasteiger partial charge is 0.325 e. The Hall–Kier alpha value is -1.91. The first-order valence-electron chi connectivity index (χ1n) is 6.85. The Kier molecular flexibility index (Phi) is 3.79. The average Bonchev–Trinajstić information content (AvgIpc) is 2.90. The van der Waals surface area contributed by atoms with Gasteiger partial charge in [0.2, 0.25) is 5.91 Å². The molecular formula is C15H20N2O3. The van der Waals surface area contributed by atoms with Crippen LogP contribution in [0.3, 0.4) is 0 Å². The maximum absolute atomic E-state index is 12.2. The molecule has 2 saturated heterocycles. The first-order chi connectivity index (χ1) is 9.36. The topological polar surface area (TPSA) is 66.5 Å². The Bertz CT molecular complexity index is 505. The number of Topliss-reactive ketones (excluding diaryl/α,β-unsaturated/α-hetero) is 1. The van der Waals surface area contributed by atoms with Gasteiger partial charge in [0.15, 0.2) is 0 Å². The predicted octanol–water partition coefficient (Wildman–Crippen LogP) is 1.16. The lowest BCUT2D eigenvalue weighted by atomic mass is 9.86. The van der Waals surface area contributed by atoms with Gasteiger partial charge in [0.1, 0.15) is 17.5 Å². The SMILES string of the molecule is C=CC(C)(C)C(=O)C/C=C1/NC(=O)[C@@H]2CCCN2C1=O. The van der Waals surface area contributed by atoms with Gasteiger partial charge in [-0.2, -0.15) is 0 Å². The van der Waals surface area contributed by atoms with Crippen LogP contribution >= 0.6 is 0 Å². The molecular weight excluding hydrogens is 256 g/mol. The number of ketones is 1. The number of carbonyl (C=O) groups excluding carboxylic acids is 3. The van der Waals surface area contributed by atoms with Crippen LogP contribution in [0.5, 0.6) is 0 Å². The Morgan fingerprint density at radius 2 is 2.20 bits per heavy atom. The first-order valence-corrected chi connectivity index (χ1v) is 6.85. The van der Waals surface area contributed by atoms with Crippen LogP contribution in [0, 0.1) is 5.41 Å². The molecule has 2 aliphatic rings. The molecule has 108 valence electrons. The van der Waals surface area contributed by atoms with Gasteiger partial charge in [0, 0.05) is 18.4 Å². The molecule has 0 saturated carbocycles. The van der Waals surface area contributed by atoms with E-state index in [2.05, 4.69) is 11.9 Å². The molecule has 0 aromatic carbocycles. The van der Waals surface area contributed by atoms with E-state index in [1.165, 1.54) is 6.08 Å². The maximum atomic E-state index is 12.2. The number of allylic oxidation sites excluding steroid dienone is 2. The molecule has 0 spiro atoms. The van der Waals surface area contributed by atoms with Crippen LogP contribution in [0.1, 0.15) is 33.1 Å². The minimum Gasteiger partial charge on any atom is -0.325 e. The van der Waals surface area contributed by atoms with Crippen LogP contribution in [0.25, 0.3) is 0 Å². The summed E-state index contributed by atoms with van der Waals surface area (Å²) in [7, 11) is 0. The molecule has 2 amide bonds. The van der Waals surface area contributed by atoms with Crippen molar-refractivity contribution in [3.63, 3.8) is 0 Å². The van der Waals surface area contributed by atoms with Gasteiger partial charge >= 0.3 is 0 Å². The van der Waals surface area contributed by atoms with Crippen molar-refractivity contribution in [2.75, 3.05) is 6.54 Å². The standard InChI is InChI=1S/C15H20N2O3/c1-4-15(2,3)12(18)8-7-10-14(20)17-9-5-6-11(17)13(19)16-10/h4,7,11H,1,5-6,8-9H2,2-3H3,(H,16,19)/b10-7+/t11-/m0/s1. The van der Waals surface area contributed by atoms with Gasteiger partial charge in [-0.25, -0.2) is 0 Å². The summed E-state index contributed by atoms with van der Waals surface area (Å²) < 4.78 is 0.